The van der Waals surface area contributed by atoms with Crippen molar-refractivity contribution in [2.75, 3.05) is 0 Å². The first-order valence-corrected chi connectivity index (χ1v) is 3.68. The summed E-state index contributed by atoms with van der Waals surface area (Å²) < 4.78 is 0. The third kappa shape index (κ3) is 8.85. The van der Waals surface area contributed by atoms with Gasteiger partial charge in [0.15, 0.2) is 0 Å². The summed E-state index contributed by atoms with van der Waals surface area (Å²) in [5.74, 6) is 0.946. The largest absolute Gasteiger partial charge is 0.212 e. The molecule has 0 bridgehead atoms. The molecule has 0 aliphatic rings. The summed E-state index contributed by atoms with van der Waals surface area (Å²) in [6.07, 6.45) is 0. The van der Waals surface area contributed by atoms with Crippen molar-refractivity contribution < 1.29 is 1.43 Å². The van der Waals surface area contributed by atoms with Crippen molar-refractivity contribution in [2.24, 2.45) is 5.92 Å². The lowest BCUT2D eigenvalue weighted by Gasteiger charge is -1.90. The van der Waals surface area contributed by atoms with Gasteiger partial charge in [-0.15, -0.1) is 12.4 Å². The van der Waals surface area contributed by atoms with Crippen LogP contribution in [0.15, 0.2) is 0 Å². The van der Waals surface area contributed by atoms with Crippen molar-refractivity contribution >= 4 is 28.7 Å². The molecule has 6 heavy (non-hydrogen) atoms. The molecule has 2 heteroatoms. The normalized spacial score (nSPS) is 7.83. The van der Waals surface area contributed by atoms with Crippen LogP contribution in [0, 0.1) is 5.92 Å². The molecule has 0 amide bonds. The standard InChI is InChI=1S/C4H9.Al.ClH.H2.2H/c1-4(2)3;;;;;/h4H,1H2,2-3H3;;2*1H;;. The molecule has 0 nitrogen and oxygen atoms in total. The zero-order valence-corrected chi connectivity index (χ0v) is 7.51. The lowest BCUT2D eigenvalue weighted by Crippen LogP contribution is -1.80. The molecule has 0 saturated heterocycles. The average molecular weight is 125 g/mol. The zero-order valence-electron chi connectivity index (χ0n) is 4.69. The molecule has 0 atom stereocenters. The molecule has 0 N–H and O–H groups in total. The van der Waals surface area contributed by atoms with Gasteiger partial charge in [0.05, 0.1) is 0 Å². The molecular formula is C4H14AlCl. The molecule has 0 aromatic heterocycles. The van der Waals surface area contributed by atoms with Crippen LogP contribution in [0.25, 0.3) is 0 Å². The van der Waals surface area contributed by atoms with E-state index in [1.54, 1.807) is 0 Å². The lowest BCUT2D eigenvalue weighted by molar-refractivity contribution is 0.735. The van der Waals surface area contributed by atoms with E-state index in [-0.39, 0.29) is 13.8 Å². The Morgan fingerprint density at radius 1 is 1.67 bits per heavy atom. The van der Waals surface area contributed by atoms with Crippen molar-refractivity contribution in [3.8, 4) is 0 Å². The first kappa shape index (κ1) is 9.95. The Hall–Kier alpha value is 0.822. The third-order valence-electron chi connectivity index (χ3n) is 0.816. The topological polar surface area (TPSA) is 0 Å². The Kier molecular flexibility index (Phi) is 9.65. The molecule has 40 valence electrons. The monoisotopic (exact) mass is 124 g/mol. The zero-order chi connectivity index (χ0) is 4.28. The van der Waals surface area contributed by atoms with E-state index in [1.807, 2.05) is 0 Å². The van der Waals surface area contributed by atoms with Crippen molar-refractivity contribution in [1.29, 1.82) is 0 Å². The molecule has 0 rings (SSSR count). The number of hydrogen-bond donors (Lipinski definition) is 0. The fourth-order valence-corrected chi connectivity index (χ4v) is 0. The van der Waals surface area contributed by atoms with Gasteiger partial charge in [-0.05, 0) is 0 Å². The molecule has 0 spiro atoms. The highest BCUT2D eigenvalue weighted by molar-refractivity contribution is 6.08. The smallest absolute Gasteiger partial charge is 0.147 e. The number of rotatable bonds is 1. The second-order valence-corrected chi connectivity index (χ2v) is 2.62. The van der Waals surface area contributed by atoms with Crippen molar-refractivity contribution in [1.82, 2.24) is 0 Å². The van der Waals surface area contributed by atoms with Gasteiger partial charge in [-0.25, -0.2) is 0 Å². The van der Waals surface area contributed by atoms with Gasteiger partial charge in [-0.1, -0.05) is 25.0 Å². The van der Waals surface area contributed by atoms with E-state index in [0.29, 0.717) is 0 Å². The van der Waals surface area contributed by atoms with Gasteiger partial charge in [0.25, 0.3) is 0 Å². The molecule has 0 fully saturated rings. The summed E-state index contributed by atoms with van der Waals surface area (Å²) in [7, 11) is 0. The Labute approximate surface area is 55.6 Å². The van der Waals surface area contributed by atoms with Crippen molar-refractivity contribution in [3.05, 3.63) is 0 Å². The second-order valence-electron chi connectivity index (χ2n) is 1.80. The fraction of sp³-hybridized carbons (Fsp3) is 1.00. The third-order valence-corrected chi connectivity index (χ3v) is 2.45. The minimum atomic E-state index is 0. The molecule has 0 unspecified atom stereocenters. The maximum Gasteiger partial charge on any atom is 0.212 e. The maximum absolute atomic E-state index is 2.26. The van der Waals surface area contributed by atoms with Gasteiger partial charge in [0.1, 0.15) is 0 Å². The minimum Gasteiger partial charge on any atom is -0.147 e. The highest BCUT2D eigenvalue weighted by atomic mass is 35.5. The highest BCUT2D eigenvalue weighted by Crippen LogP contribution is 1.92. The van der Waals surface area contributed by atoms with Crippen LogP contribution in [0.5, 0.6) is 0 Å². The van der Waals surface area contributed by atoms with Crippen LogP contribution in [0.3, 0.4) is 0 Å². The van der Waals surface area contributed by atoms with Crippen LogP contribution in [0.1, 0.15) is 15.3 Å². The maximum atomic E-state index is 2.26. The highest BCUT2D eigenvalue weighted by Gasteiger charge is 1.80. The summed E-state index contributed by atoms with van der Waals surface area (Å²) in [6.45, 7) is 4.51. The Morgan fingerprint density at radius 3 is 1.83 bits per heavy atom. The SMILES string of the molecule is CC(C)[CH2][AlH2].Cl.[HH]. The number of hydrogen-bond acceptors (Lipinski definition) is 0. The van der Waals surface area contributed by atoms with E-state index in [1.165, 1.54) is 21.6 Å². The summed E-state index contributed by atoms with van der Waals surface area (Å²) in [5, 5.41) is 1.44. The van der Waals surface area contributed by atoms with Gasteiger partial charge in [-0.3, -0.25) is 0 Å². The van der Waals surface area contributed by atoms with Crippen LogP contribution >= 0.6 is 12.4 Å². The van der Waals surface area contributed by atoms with Crippen LogP contribution in [-0.2, 0) is 0 Å². The fourth-order valence-electron chi connectivity index (χ4n) is 0. The van der Waals surface area contributed by atoms with Crippen LogP contribution < -0.4 is 0 Å². The minimum absolute atomic E-state index is 0. The first-order valence-electron chi connectivity index (χ1n) is 2.27. The average Bonchev–Trinajstić information content (AvgIpc) is 1.38. The summed E-state index contributed by atoms with van der Waals surface area (Å²) in [4.78, 5) is 0. The van der Waals surface area contributed by atoms with E-state index in [2.05, 4.69) is 13.8 Å². The van der Waals surface area contributed by atoms with E-state index in [0.717, 1.165) is 5.92 Å². The molecule has 0 aliphatic carbocycles. The van der Waals surface area contributed by atoms with Gasteiger partial charge >= 0.3 is 0 Å². The van der Waals surface area contributed by atoms with Crippen LogP contribution in [0.2, 0.25) is 5.28 Å². The van der Waals surface area contributed by atoms with Gasteiger partial charge in [0, 0.05) is 1.43 Å². The molecule has 0 heterocycles. The quantitative estimate of drug-likeness (QED) is 0.463. The Balaban J connectivity index is -0.0000000800. The van der Waals surface area contributed by atoms with E-state index >= 15 is 0 Å². The number of halogens is 1. The first-order chi connectivity index (χ1) is 2.27. The summed E-state index contributed by atoms with van der Waals surface area (Å²) in [5.41, 5.74) is 0. The van der Waals surface area contributed by atoms with Gasteiger partial charge in [-0.2, -0.15) is 0 Å². The van der Waals surface area contributed by atoms with E-state index in [9.17, 15) is 0 Å². The molecular weight excluding hydrogens is 110 g/mol. The van der Waals surface area contributed by atoms with Gasteiger partial charge < -0.3 is 0 Å². The lowest BCUT2D eigenvalue weighted by atomic mass is 10.3. The van der Waals surface area contributed by atoms with Crippen LogP contribution in [-0.4, -0.2) is 16.3 Å². The Morgan fingerprint density at radius 2 is 1.83 bits per heavy atom. The Bertz CT molecular complexity index is 25.7. The second kappa shape index (κ2) is 5.82. The molecule has 0 saturated carbocycles. The summed E-state index contributed by atoms with van der Waals surface area (Å²) >= 11 is 1.37. The van der Waals surface area contributed by atoms with Crippen molar-refractivity contribution in [3.63, 3.8) is 0 Å². The molecule has 0 radical (unpaired) electrons. The van der Waals surface area contributed by atoms with Crippen LogP contribution in [0.4, 0.5) is 0 Å². The molecule has 0 aromatic carbocycles. The van der Waals surface area contributed by atoms with E-state index in [4.69, 9.17) is 0 Å². The predicted molar refractivity (Wildman–Crippen MR) is 37.6 cm³/mol. The summed E-state index contributed by atoms with van der Waals surface area (Å²) in [6, 6.07) is 0. The molecule has 0 aromatic rings. The predicted octanol–water partition coefficient (Wildman–Crippen LogP) is 1.36. The molecule has 0 aliphatic heterocycles. The van der Waals surface area contributed by atoms with Crippen molar-refractivity contribution in [2.45, 2.75) is 19.1 Å². The van der Waals surface area contributed by atoms with Gasteiger partial charge in [0.2, 0.25) is 16.3 Å². The van der Waals surface area contributed by atoms with E-state index < -0.39 is 0 Å².